The fraction of sp³-hybridized carbons (Fsp3) is 0.176. The number of aromatic nitrogens is 2. The highest BCUT2D eigenvalue weighted by molar-refractivity contribution is 8.18. The van der Waals surface area contributed by atoms with Gasteiger partial charge in [0.15, 0.2) is 0 Å². The number of carboxylic acid groups (broad SMARTS) is 1. The van der Waals surface area contributed by atoms with Gasteiger partial charge in [-0.2, -0.15) is 0 Å². The number of aryl methyl sites for hydroxylation is 1. The van der Waals surface area contributed by atoms with Crippen LogP contribution in [0, 0.1) is 13.8 Å². The molecule has 0 aliphatic carbocycles. The van der Waals surface area contributed by atoms with Crippen molar-refractivity contribution in [2.45, 2.75) is 13.8 Å². The third-order valence-corrected chi connectivity index (χ3v) is 4.71. The lowest BCUT2D eigenvalue weighted by Gasteiger charge is -2.08. The zero-order valence-electron chi connectivity index (χ0n) is 13.6. The van der Waals surface area contributed by atoms with Crippen molar-refractivity contribution in [1.82, 2.24) is 14.5 Å². The summed E-state index contributed by atoms with van der Waals surface area (Å²) in [6, 6.07) is 7.49. The van der Waals surface area contributed by atoms with E-state index in [4.69, 9.17) is 5.11 Å². The third kappa shape index (κ3) is 3.20. The molecule has 8 heteroatoms. The first-order valence-electron chi connectivity index (χ1n) is 7.46. The van der Waals surface area contributed by atoms with Gasteiger partial charge in [-0.15, -0.1) is 0 Å². The van der Waals surface area contributed by atoms with Crippen LogP contribution >= 0.6 is 11.8 Å². The quantitative estimate of drug-likeness (QED) is 0.846. The van der Waals surface area contributed by atoms with Crippen LogP contribution in [0.3, 0.4) is 0 Å². The van der Waals surface area contributed by atoms with Crippen molar-refractivity contribution in [2.24, 2.45) is 0 Å². The molecule has 7 nitrogen and oxygen atoms in total. The molecule has 2 amide bonds. The number of carboxylic acids is 1. The van der Waals surface area contributed by atoms with E-state index in [9.17, 15) is 14.4 Å². The van der Waals surface area contributed by atoms with Gasteiger partial charge in [0.1, 0.15) is 12.4 Å². The number of thioether (sulfide) groups is 1. The van der Waals surface area contributed by atoms with Crippen LogP contribution in [0.15, 0.2) is 35.4 Å². The third-order valence-electron chi connectivity index (χ3n) is 3.80. The van der Waals surface area contributed by atoms with Gasteiger partial charge in [0.2, 0.25) is 0 Å². The predicted octanol–water partition coefficient (Wildman–Crippen LogP) is 2.61. The maximum absolute atomic E-state index is 12.3. The lowest BCUT2D eigenvalue weighted by molar-refractivity contribution is -0.140. The van der Waals surface area contributed by atoms with Crippen molar-refractivity contribution < 1.29 is 19.5 Å². The standard InChI is InChI=1S/C17H15N3O4S/c1-10-7-12(11(2)20(10)14-5-3-4-6-18-14)8-13-16(23)19(9-15(21)22)17(24)25-13/h3-8H,9H2,1-2H3,(H,21,22)/b13-8+. The number of aliphatic carboxylic acids is 1. The molecule has 1 aliphatic heterocycles. The van der Waals surface area contributed by atoms with Gasteiger partial charge in [-0.25, -0.2) is 4.98 Å². The Bertz CT molecular complexity index is 902. The molecule has 0 atom stereocenters. The molecule has 3 rings (SSSR count). The normalized spacial score (nSPS) is 16.1. The van der Waals surface area contributed by atoms with Crippen LogP contribution in [0.25, 0.3) is 11.9 Å². The maximum atomic E-state index is 12.3. The molecule has 0 spiro atoms. The summed E-state index contributed by atoms with van der Waals surface area (Å²) in [4.78, 5) is 40.2. The van der Waals surface area contributed by atoms with Crippen molar-refractivity contribution in [3.05, 3.63) is 52.3 Å². The molecular formula is C17H15N3O4S. The Morgan fingerprint density at radius 3 is 2.72 bits per heavy atom. The molecule has 1 N–H and O–H groups in total. The summed E-state index contributed by atoms with van der Waals surface area (Å²) >= 11 is 0.749. The van der Waals surface area contributed by atoms with Gasteiger partial charge in [0.05, 0.1) is 4.91 Å². The Kier molecular flexibility index (Phi) is 4.45. The summed E-state index contributed by atoms with van der Waals surface area (Å²) in [6.45, 7) is 3.19. The van der Waals surface area contributed by atoms with Gasteiger partial charge in [-0.05, 0) is 55.4 Å². The van der Waals surface area contributed by atoms with Crippen LogP contribution in [-0.2, 0) is 9.59 Å². The van der Waals surface area contributed by atoms with E-state index >= 15 is 0 Å². The van der Waals surface area contributed by atoms with Crippen LogP contribution < -0.4 is 0 Å². The van der Waals surface area contributed by atoms with E-state index in [1.165, 1.54) is 0 Å². The van der Waals surface area contributed by atoms with Crippen LogP contribution in [0.5, 0.6) is 0 Å². The Balaban J connectivity index is 1.97. The molecule has 0 radical (unpaired) electrons. The van der Waals surface area contributed by atoms with E-state index in [1.807, 2.05) is 42.7 Å². The summed E-state index contributed by atoms with van der Waals surface area (Å²) in [5.41, 5.74) is 2.59. The van der Waals surface area contributed by atoms with Gasteiger partial charge in [-0.3, -0.25) is 19.3 Å². The highest BCUT2D eigenvalue weighted by Crippen LogP contribution is 2.33. The predicted molar refractivity (Wildman–Crippen MR) is 93.4 cm³/mol. The maximum Gasteiger partial charge on any atom is 0.323 e. The Hall–Kier alpha value is -2.87. The number of rotatable bonds is 4. The SMILES string of the molecule is Cc1cc(/C=C2/SC(=O)N(CC(=O)O)C2=O)c(C)n1-c1ccccn1. The second-order valence-electron chi connectivity index (χ2n) is 5.51. The van der Waals surface area contributed by atoms with Gasteiger partial charge < -0.3 is 9.67 Å². The zero-order chi connectivity index (χ0) is 18.1. The second-order valence-corrected chi connectivity index (χ2v) is 6.50. The number of carbonyl (C=O) groups excluding carboxylic acids is 2. The molecule has 128 valence electrons. The van der Waals surface area contributed by atoms with Crippen molar-refractivity contribution >= 4 is 35.0 Å². The lowest BCUT2D eigenvalue weighted by Crippen LogP contribution is -2.33. The van der Waals surface area contributed by atoms with E-state index in [0.717, 1.165) is 39.4 Å². The smallest absolute Gasteiger partial charge is 0.323 e. The first-order valence-corrected chi connectivity index (χ1v) is 8.27. The Morgan fingerprint density at radius 1 is 1.32 bits per heavy atom. The van der Waals surface area contributed by atoms with Crippen LogP contribution in [0.2, 0.25) is 0 Å². The fourth-order valence-electron chi connectivity index (χ4n) is 2.69. The van der Waals surface area contributed by atoms with Crippen molar-refractivity contribution in [2.75, 3.05) is 6.54 Å². The van der Waals surface area contributed by atoms with Crippen LogP contribution in [-0.4, -0.2) is 43.2 Å². The number of hydrogen-bond acceptors (Lipinski definition) is 5. The molecule has 0 bridgehead atoms. The molecule has 2 aromatic heterocycles. The summed E-state index contributed by atoms with van der Waals surface area (Å²) < 4.78 is 1.95. The topological polar surface area (TPSA) is 92.5 Å². The van der Waals surface area contributed by atoms with Crippen molar-refractivity contribution in [3.8, 4) is 5.82 Å². The number of pyridine rings is 1. The molecule has 1 saturated heterocycles. The molecule has 2 aromatic rings. The first kappa shape index (κ1) is 17.0. The largest absolute Gasteiger partial charge is 0.480 e. The van der Waals surface area contributed by atoms with E-state index in [0.29, 0.717) is 0 Å². The van der Waals surface area contributed by atoms with Crippen molar-refractivity contribution in [1.29, 1.82) is 0 Å². The molecule has 0 aromatic carbocycles. The monoisotopic (exact) mass is 357 g/mol. The van der Waals surface area contributed by atoms with E-state index in [1.54, 1.807) is 12.3 Å². The molecular weight excluding hydrogens is 342 g/mol. The van der Waals surface area contributed by atoms with Crippen LogP contribution in [0.1, 0.15) is 17.0 Å². The number of hydrogen-bond donors (Lipinski definition) is 1. The lowest BCUT2D eigenvalue weighted by atomic mass is 10.2. The number of nitrogens with zero attached hydrogens (tertiary/aromatic N) is 3. The summed E-state index contributed by atoms with van der Waals surface area (Å²) in [5, 5.41) is 8.24. The van der Waals surface area contributed by atoms with E-state index < -0.39 is 23.7 Å². The molecule has 3 heterocycles. The first-order chi connectivity index (χ1) is 11.9. The second kappa shape index (κ2) is 6.56. The van der Waals surface area contributed by atoms with Gasteiger partial charge in [-0.1, -0.05) is 6.07 Å². The highest BCUT2D eigenvalue weighted by atomic mass is 32.2. The minimum Gasteiger partial charge on any atom is -0.480 e. The number of carbonyl (C=O) groups is 3. The zero-order valence-corrected chi connectivity index (χ0v) is 14.4. The fourth-order valence-corrected chi connectivity index (χ4v) is 3.51. The molecule has 25 heavy (non-hydrogen) atoms. The Labute approximate surface area is 148 Å². The number of amides is 2. The highest BCUT2D eigenvalue weighted by Gasteiger charge is 2.36. The van der Waals surface area contributed by atoms with Gasteiger partial charge in [0.25, 0.3) is 11.1 Å². The van der Waals surface area contributed by atoms with E-state index in [-0.39, 0.29) is 4.91 Å². The molecule has 1 aliphatic rings. The summed E-state index contributed by atoms with van der Waals surface area (Å²) in [5.74, 6) is -1.05. The molecule has 0 saturated carbocycles. The Morgan fingerprint density at radius 2 is 2.08 bits per heavy atom. The average molecular weight is 357 g/mol. The molecule has 1 fully saturated rings. The summed E-state index contributed by atoms with van der Waals surface area (Å²) in [6.07, 6.45) is 3.32. The van der Waals surface area contributed by atoms with E-state index in [2.05, 4.69) is 4.98 Å². The average Bonchev–Trinajstić information content (AvgIpc) is 2.99. The van der Waals surface area contributed by atoms with Gasteiger partial charge >= 0.3 is 5.97 Å². The minimum absolute atomic E-state index is 0.215. The van der Waals surface area contributed by atoms with Crippen molar-refractivity contribution in [3.63, 3.8) is 0 Å². The van der Waals surface area contributed by atoms with Crippen LogP contribution in [0.4, 0.5) is 4.79 Å². The van der Waals surface area contributed by atoms with Gasteiger partial charge in [0, 0.05) is 17.6 Å². The number of imide groups is 1. The molecule has 0 unspecified atom stereocenters. The minimum atomic E-state index is -1.23. The summed E-state index contributed by atoms with van der Waals surface area (Å²) in [7, 11) is 0.